The maximum absolute atomic E-state index is 13.7. The molecule has 5 fully saturated rings. The fourth-order valence-electron chi connectivity index (χ4n) is 11.9. The zero-order valence-electron chi connectivity index (χ0n) is 25.9. The maximum atomic E-state index is 13.7. The van der Waals surface area contributed by atoms with Crippen LogP contribution in [0.1, 0.15) is 106 Å². The van der Waals surface area contributed by atoms with Crippen LogP contribution in [0, 0.1) is 73.4 Å². The van der Waals surface area contributed by atoms with E-state index in [0.29, 0.717) is 38.5 Å². The van der Waals surface area contributed by atoms with Gasteiger partial charge in [0.05, 0.1) is 17.6 Å². The highest BCUT2D eigenvalue weighted by molar-refractivity contribution is 5.89. The van der Waals surface area contributed by atoms with Gasteiger partial charge in [0.15, 0.2) is 5.78 Å². The van der Waals surface area contributed by atoms with Crippen LogP contribution in [0.4, 0.5) is 13.2 Å². The lowest BCUT2D eigenvalue weighted by atomic mass is 9.30. The molecule has 0 aromatic rings. The normalized spacial score (nSPS) is 48.5. The minimum absolute atomic E-state index is 0.0308. The maximum Gasteiger partial charge on any atom is 0.405 e. The lowest BCUT2D eigenvalue weighted by Crippen LogP contribution is -2.71. The first-order valence-corrected chi connectivity index (χ1v) is 15.7. The number of carbonyl (C=O) groups is 2. The Labute approximate surface area is 243 Å². The third-order valence-corrected chi connectivity index (χ3v) is 14.0. The highest BCUT2D eigenvalue weighted by Gasteiger charge is 2.73. The second kappa shape index (κ2) is 9.19. The first-order chi connectivity index (χ1) is 18.7. The molecule has 1 unspecified atom stereocenters. The number of hydrogen-bond donors (Lipinski definition) is 2. The molecule has 0 heterocycles. The minimum Gasteiger partial charge on any atom is -0.393 e. The number of ketones is 1. The summed E-state index contributed by atoms with van der Waals surface area (Å²) in [6.07, 6.45) is 0.803. The van der Waals surface area contributed by atoms with Crippen LogP contribution in [0.25, 0.3) is 0 Å². The van der Waals surface area contributed by atoms with Crippen LogP contribution in [0.3, 0.4) is 0 Å². The van der Waals surface area contributed by atoms with Crippen LogP contribution in [0.15, 0.2) is 0 Å². The quantitative estimate of drug-likeness (QED) is 0.376. The predicted molar refractivity (Wildman–Crippen MR) is 149 cm³/mol. The van der Waals surface area contributed by atoms with Crippen molar-refractivity contribution < 1.29 is 27.9 Å². The monoisotopic (exact) mass is 578 g/mol. The van der Waals surface area contributed by atoms with E-state index in [0.717, 1.165) is 19.3 Å². The number of amides is 1. The molecule has 0 saturated heterocycles. The van der Waals surface area contributed by atoms with Crippen LogP contribution in [-0.2, 0) is 9.59 Å². The molecule has 0 aliphatic heterocycles. The first kappa shape index (κ1) is 30.8. The summed E-state index contributed by atoms with van der Waals surface area (Å²) in [7, 11) is 0. The molecule has 0 radical (unpaired) electrons. The summed E-state index contributed by atoms with van der Waals surface area (Å²) in [5.74, 6) is -1.35. The van der Waals surface area contributed by atoms with E-state index < -0.39 is 41.5 Å². The molecule has 41 heavy (non-hydrogen) atoms. The van der Waals surface area contributed by atoms with Gasteiger partial charge in [-0.3, -0.25) is 9.59 Å². The second-order valence-corrected chi connectivity index (χ2v) is 16.7. The topological polar surface area (TPSA) is 90.2 Å². The number of alkyl halides is 3. The van der Waals surface area contributed by atoms with Crippen molar-refractivity contribution in [1.29, 1.82) is 5.26 Å². The van der Waals surface area contributed by atoms with Crippen LogP contribution in [0.5, 0.6) is 0 Å². The number of halogens is 3. The summed E-state index contributed by atoms with van der Waals surface area (Å²) in [5.41, 5.74) is -2.45. The molecule has 10 atom stereocenters. The van der Waals surface area contributed by atoms with Gasteiger partial charge >= 0.3 is 6.18 Å². The van der Waals surface area contributed by atoms with Crippen molar-refractivity contribution in [2.45, 2.75) is 119 Å². The molecule has 0 aromatic carbocycles. The van der Waals surface area contributed by atoms with E-state index in [-0.39, 0.29) is 51.1 Å². The van der Waals surface area contributed by atoms with Gasteiger partial charge in [-0.05, 0) is 103 Å². The lowest BCUT2D eigenvalue weighted by molar-refractivity contribution is -0.269. The van der Waals surface area contributed by atoms with Crippen LogP contribution in [0.2, 0.25) is 0 Å². The summed E-state index contributed by atoms with van der Waals surface area (Å²) in [6.45, 7) is 13.9. The molecule has 0 spiro atoms. The minimum atomic E-state index is -4.48. The Morgan fingerprint density at radius 1 is 0.976 bits per heavy atom. The number of fused-ring (bicyclic) bond motifs is 7. The summed E-state index contributed by atoms with van der Waals surface area (Å²) in [6, 6.07) is 2.30. The molecule has 5 rings (SSSR count). The fraction of sp³-hybridized carbons (Fsp3) is 0.909. The third kappa shape index (κ3) is 4.25. The predicted octanol–water partition coefficient (Wildman–Crippen LogP) is 6.84. The molecule has 5 aliphatic carbocycles. The average molecular weight is 579 g/mol. The highest BCUT2D eigenvalue weighted by atomic mass is 19.4. The second-order valence-electron chi connectivity index (χ2n) is 16.7. The number of aliphatic hydroxyl groups excluding tert-OH is 1. The Balaban J connectivity index is 1.56. The number of rotatable bonds is 2. The Morgan fingerprint density at radius 3 is 2.22 bits per heavy atom. The molecular formula is C33H49F3N2O3. The van der Waals surface area contributed by atoms with Crippen LogP contribution < -0.4 is 5.32 Å². The van der Waals surface area contributed by atoms with Gasteiger partial charge in [-0.25, -0.2) is 0 Å². The lowest BCUT2D eigenvalue weighted by Gasteiger charge is -2.74. The van der Waals surface area contributed by atoms with Crippen molar-refractivity contribution in [3.8, 4) is 6.07 Å². The van der Waals surface area contributed by atoms with Crippen LogP contribution >= 0.6 is 0 Å². The van der Waals surface area contributed by atoms with Gasteiger partial charge in [-0.1, -0.05) is 48.5 Å². The fourth-order valence-corrected chi connectivity index (χ4v) is 11.9. The van der Waals surface area contributed by atoms with Gasteiger partial charge in [0.1, 0.15) is 12.5 Å². The Bertz CT molecular complexity index is 1160. The van der Waals surface area contributed by atoms with E-state index >= 15 is 0 Å². The number of nitrogens with one attached hydrogen (secondary N) is 1. The van der Waals surface area contributed by atoms with Crippen molar-refractivity contribution in [2.75, 3.05) is 6.54 Å². The van der Waals surface area contributed by atoms with Gasteiger partial charge in [0.2, 0.25) is 5.91 Å². The zero-order chi connectivity index (χ0) is 30.6. The molecule has 0 aromatic heterocycles. The molecule has 2 N–H and O–H groups in total. The number of aliphatic hydroxyl groups is 1. The zero-order valence-corrected chi connectivity index (χ0v) is 25.9. The van der Waals surface area contributed by atoms with Crippen molar-refractivity contribution in [2.24, 2.45) is 62.1 Å². The van der Waals surface area contributed by atoms with E-state index in [4.69, 9.17) is 0 Å². The number of nitriles is 1. The van der Waals surface area contributed by atoms with Crippen molar-refractivity contribution in [3.05, 3.63) is 0 Å². The standard InChI is InChI=1S/C33H49F3N2O3/c1-27(2)10-12-32(26(41)38-18-33(34,35)36)13-11-31(7)24(20(32)16-27)21(39)14-23-29(5)15-19(17-37)25(40)28(3,4)22(29)8-9-30(23,31)6/h19-24,39H,8-16,18H2,1-7H3,(H,38,41)/t19?,20-,21+,22-,23+,24-,29-,30+,31+,32-/m0/s1. The molecule has 5 aliphatic rings. The van der Waals surface area contributed by atoms with Crippen LogP contribution in [-0.4, -0.2) is 35.6 Å². The van der Waals surface area contributed by atoms with Gasteiger partial charge in [0, 0.05) is 5.41 Å². The van der Waals surface area contributed by atoms with Crippen molar-refractivity contribution in [3.63, 3.8) is 0 Å². The summed E-state index contributed by atoms with van der Waals surface area (Å²) >= 11 is 0. The summed E-state index contributed by atoms with van der Waals surface area (Å²) in [4.78, 5) is 27.0. The summed E-state index contributed by atoms with van der Waals surface area (Å²) < 4.78 is 39.5. The number of Topliss-reactive ketones (excluding diaryl/α,β-unsaturated/α-hetero) is 1. The molecular weight excluding hydrogens is 529 g/mol. The number of hydrogen-bond acceptors (Lipinski definition) is 4. The number of nitrogens with zero attached hydrogens (tertiary/aromatic N) is 1. The van der Waals surface area contributed by atoms with E-state index in [9.17, 15) is 33.1 Å². The van der Waals surface area contributed by atoms with E-state index in [1.54, 1.807) is 0 Å². The molecule has 0 bridgehead atoms. The number of carbonyl (C=O) groups excluding carboxylic acids is 2. The van der Waals surface area contributed by atoms with Gasteiger partial charge in [-0.15, -0.1) is 0 Å². The van der Waals surface area contributed by atoms with Gasteiger partial charge < -0.3 is 10.4 Å². The van der Waals surface area contributed by atoms with E-state index in [2.05, 4.69) is 46.0 Å². The SMILES string of the molecule is CC1(C)CC[C@]2(C(=O)NCC(F)(F)F)CC[C@]3(C)[C@H]([C@H](O)C[C@@H]4[C@@]5(C)CC(C#N)C(=O)C(C)(C)[C@@H]5CC[C@]43C)[C@@H]2C1. The molecule has 5 saturated carbocycles. The smallest absolute Gasteiger partial charge is 0.393 e. The third-order valence-electron chi connectivity index (χ3n) is 14.0. The average Bonchev–Trinajstić information content (AvgIpc) is 2.85. The Morgan fingerprint density at radius 2 is 1.61 bits per heavy atom. The summed E-state index contributed by atoms with van der Waals surface area (Å²) in [5, 5.41) is 24.4. The molecule has 5 nitrogen and oxygen atoms in total. The molecule has 8 heteroatoms. The van der Waals surface area contributed by atoms with Gasteiger partial charge in [-0.2, -0.15) is 18.4 Å². The van der Waals surface area contributed by atoms with Crippen molar-refractivity contribution >= 4 is 11.7 Å². The largest absolute Gasteiger partial charge is 0.405 e. The Hall–Kier alpha value is -1.62. The highest BCUT2D eigenvalue weighted by Crippen LogP contribution is 2.77. The Kier molecular flexibility index (Phi) is 6.91. The van der Waals surface area contributed by atoms with Gasteiger partial charge in [0.25, 0.3) is 0 Å². The molecule has 230 valence electrons. The van der Waals surface area contributed by atoms with E-state index in [1.807, 2.05) is 13.8 Å². The molecule has 1 amide bonds. The van der Waals surface area contributed by atoms with E-state index in [1.165, 1.54) is 0 Å². The first-order valence-electron chi connectivity index (χ1n) is 15.7. The van der Waals surface area contributed by atoms with Crippen molar-refractivity contribution in [1.82, 2.24) is 5.32 Å².